The van der Waals surface area contributed by atoms with Crippen LogP contribution in [0.5, 0.6) is 0 Å². The van der Waals surface area contributed by atoms with Crippen LogP contribution in [0.3, 0.4) is 0 Å². The van der Waals surface area contributed by atoms with Crippen molar-refractivity contribution in [3.8, 4) is 0 Å². The van der Waals surface area contributed by atoms with Crippen molar-refractivity contribution in [3.05, 3.63) is 17.9 Å². The second kappa shape index (κ2) is 7.24. The topological polar surface area (TPSA) is 124 Å². The lowest BCUT2D eigenvalue weighted by Gasteiger charge is -2.04. The Kier molecular flexibility index (Phi) is 5.96. The maximum absolute atomic E-state index is 11.3. The third kappa shape index (κ3) is 5.83. The van der Waals surface area contributed by atoms with E-state index in [9.17, 15) is 13.2 Å². The minimum absolute atomic E-state index is 0.0924. The third-order valence-electron chi connectivity index (χ3n) is 2.13. The average molecular weight is 291 g/mol. The number of furan rings is 1. The number of sulfonamides is 1. The Bertz CT molecular complexity index is 511. The first kappa shape index (κ1) is 15.6. The van der Waals surface area contributed by atoms with Gasteiger partial charge in [-0.2, -0.15) is 0 Å². The molecule has 0 aliphatic heterocycles. The number of methoxy groups -OCH3 is 1. The molecule has 9 heteroatoms. The molecular weight excluding hydrogens is 274 g/mol. The van der Waals surface area contributed by atoms with Crippen LogP contribution >= 0.6 is 0 Å². The molecule has 0 spiro atoms. The van der Waals surface area contributed by atoms with Gasteiger partial charge in [-0.05, 0) is 12.1 Å². The molecule has 0 fully saturated rings. The van der Waals surface area contributed by atoms with Gasteiger partial charge in [0.05, 0.1) is 19.7 Å². The predicted molar refractivity (Wildman–Crippen MR) is 66.7 cm³/mol. The summed E-state index contributed by atoms with van der Waals surface area (Å²) in [6.45, 7) is 1.21. The summed E-state index contributed by atoms with van der Waals surface area (Å²) in [6, 6.07) is 2.75. The molecule has 0 bridgehead atoms. The van der Waals surface area contributed by atoms with Crippen LogP contribution in [0.2, 0.25) is 0 Å². The van der Waals surface area contributed by atoms with E-state index in [0.717, 1.165) is 0 Å². The van der Waals surface area contributed by atoms with Crippen LogP contribution in [0.25, 0.3) is 0 Å². The van der Waals surface area contributed by atoms with Crippen molar-refractivity contribution in [2.24, 2.45) is 5.14 Å². The lowest BCUT2D eigenvalue weighted by molar-refractivity contribution is -0.120. The number of nitrogens with one attached hydrogen (secondary N) is 2. The Morgan fingerprint density at radius 3 is 2.79 bits per heavy atom. The van der Waals surface area contributed by atoms with Gasteiger partial charge in [0.25, 0.3) is 10.0 Å². The maximum Gasteiger partial charge on any atom is 0.271 e. The molecule has 8 nitrogen and oxygen atoms in total. The SMILES string of the molecule is COCCNC(=O)CNCc1ccc(S(N)(=O)=O)o1. The van der Waals surface area contributed by atoms with E-state index in [0.29, 0.717) is 18.9 Å². The molecule has 1 amide bonds. The van der Waals surface area contributed by atoms with Crippen LogP contribution in [-0.4, -0.2) is 41.1 Å². The van der Waals surface area contributed by atoms with Gasteiger partial charge in [0.1, 0.15) is 5.76 Å². The van der Waals surface area contributed by atoms with Crippen LogP contribution in [0, 0.1) is 0 Å². The molecule has 0 unspecified atom stereocenters. The first-order chi connectivity index (χ1) is 8.93. The lowest BCUT2D eigenvalue weighted by atomic mass is 10.4. The summed E-state index contributed by atoms with van der Waals surface area (Å²) in [6.07, 6.45) is 0. The first-order valence-electron chi connectivity index (χ1n) is 5.51. The number of hydrogen-bond donors (Lipinski definition) is 3. The van der Waals surface area contributed by atoms with Crippen molar-refractivity contribution in [2.75, 3.05) is 26.8 Å². The van der Waals surface area contributed by atoms with Crippen molar-refractivity contribution in [2.45, 2.75) is 11.6 Å². The zero-order valence-corrected chi connectivity index (χ0v) is 11.3. The van der Waals surface area contributed by atoms with Gasteiger partial charge in [-0.25, -0.2) is 13.6 Å². The minimum Gasteiger partial charge on any atom is -0.447 e. The zero-order valence-electron chi connectivity index (χ0n) is 10.5. The average Bonchev–Trinajstić information content (AvgIpc) is 2.78. The molecule has 19 heavy (non-hydrogen) atoms. The van der Waals surface area contributed by atoms with Crippen LogP contribution in [0.1, 0.15) is 5.76 Å². The smallest absolute Gasteiger partial charge is 0.271 e. The molecule has 1 rings (SSSR count). The van der Waals surface area contributed by atoms with E-state index >= 15 is 0 Å². The van der Waals surface area contributed by atoms with Gasteiger partial charge < -0.3 is 19.8 Å². The summed E-state index contributed by atoms with van der Waals surface area (Å²) in [5, 5.41) is 10.0. The number of carbonyl (C=O) groups excluding carboxylic acids is 1. The number of primary sulfonamides is 1. The number of ether oxygens (including phenoxy) is 1. The second-order valence-corrected chi connectivity index (χ2v) is 5.20. The molecule has 0 aliphatic carbocycles. The second-order valence-electron chi connectivity index (χ2n) is 3.71. The van der Waals surface area contributed by atoms with Gasteiger partial charge in [-0.15, -0.1) is 0 Å². The van der Waals surface area contributed by atoms with Gasteiger partial charge in [0, 0.05) is 13.7 Å². The molecule has 0 radical (unpaired) electrons. The number of amides is 1. The van der Waals surface area contributed by atoms with E-state index in [1.165, 1.54) is 12.1 Å². The number of rotatable bonds is 8. The maximum atomic E-state index is 11.3. The van der Waals surface area contributed by atoms with Gasteiger partial charge in [0.15, 0.2) is 0 Å². The van der Waals surface area contributed by atoms with Gasteiger partial charge >= 0.3 is 0 Å². The third-order valence-corrected chi connectivity index (χ3v) is 2.91. The molecule has 4 N–H and O–H groups in total. The van der Waals surface area contributed by atoms with Crippen molar-refractivity contribution in [3.63, 3.8) is 0 Å². The molecule has 108 valence electrons. The molecular formula is C10H17N3O5S. The van der Waals surface area contributed by atoms with E-state index in [2.05, 4.69) is 10.6 Å². The van der Waals surface area contributed by atoms with Crippen molar-refractivity contribution < 1.29 is 22.4 Å². The van der Waals surface area contributed by atoms with E-state index < -0.39 is 10.0 Å². The fourth-order valence-electron chi connectivity index (χ4n) is 1.26. The van der Waals surface area contributed by atoms with Crippen LogP contribution in [0.15, 0.2) is 21.6 Å². The number of hydrogen-bond acceptors (Lipinski definition) is 6. The van der Waals surface area contributed by atoms with E-state index in [1.54, 1.807) is 7.11 Å². The highest BCUT2D eigenvalue weighted by Gasteiger charge is 2.13. The Labute approximate surface area is 111 Å². The molecule has 0 saturated carbocycles. The zero-order chi connectivity index (χ0) is 14.3. The van der Waals surface area contributed by atoms with Crippen LogP contribution in [0.4, 0.5) is 0 Å². The van der Waals surface area contributed by atoms with Gasteiger partial charge in [-0.1, -0.05) is 0 Å². The molecule has 0 atom stereocenters. The highest BCUT2D eigenvalue weighted by Crippen LogP contribution is 2.11. The fourth-order valence-corrected chi connectivity index (χ4v) is 1.74. The molecule has 0 aromatic carbocycles. The molecule has 1 heterocycles. The van der Waals surface area contributed by atoms with Crippen LogP contribution in [-0.2, 0) is 26.1 Å². The molecule has 0 aliphatic rings. The normalized spacial score (nSPS) is 11.5. The van der Waals surface area contributed by atoms with Crippen LogP contribution < -0.4 is 15.8 Å². The highest BCUT2D eigenvalue weighted by atomic mass is 32.2. The monoisotopic (exact) mass is 291 g/mol. The largest absolute Gasteiger partial charge is 0.447 e. The number of carbonyl (C=O) groups is 1. The summed E-state index contributed by atoms with van der Waals surface area (Å²) in [7, 11) is -2.28. The summed E-state index contributed by atoms with van der Waals surface area (Å²) < 4.78 is 31.7. The van der Waals surface area contributed by atoms with Crippen molar-refractivity contribution in [1.29, 1.82) is 0 Å². The minimum atomic E-state index is -3.83. The summed E-state index contributed by atoms with van der Waals surface area (Å²) >= 11 is 0. The van der Waals surface area contributed by atoms with Gasteiger partial charge in [0.2, 0.25) is 11.0 Å². The summed E-state index contributed by atoms with van der Waals surface area (Å²) in [5.74, 6) is 0.198. The van der Waals surface area contributed by atoms with E-state index in [4.69, 9.17) is 14.3 Å². The highest BCUT2D eigenvalue weighted by molar-refractivity contribution is 7.89. The fraction of sp³-hybridized carbons (Fsp3) is 0.500. The lowest BCUT2D eigenvalue weighted by Crippen LogP contribution is -2.35. The molecule has 1 aromatic rings. The van der Waals surface area contributed by atoms with Crippen molar-refractivity contribution in [1.82, 2.24) is 10.6 Å². The summed E-state index contributed by atoms with van der Waals surface area (Å²) in [5.41, 5.74) is 0. The summed E-state index contributed by atoms with van der Waals surface area (Å²) in [4.78, 5) is 11.3. The molecule has 0 saturated heterocycles. The van der Waals surface area contributed by atoms with Gasteiger partial charge in [-0.3, -0.25) is 4.79 Å². The Hall–Kier alpha value is -1.42. The van der Waals surface area contributed by atoms with E-state index in [1.807, 2.05) is 0 Å². The van der Waals surface area contributed by atoms with Crippen molar-refractivity contribution >= 4 is 15.9 Å². The predicted octanol–water partition coefficient (Wildman–Crippen LogP) is -1.22. The number of nitrogens with two attached hydrogens (primary N) is 1. The van der Waals surface area contributed by atoms with E-state index in [-0.39, 0.29) is 24.1 Å². The Balaban J connectivity index is 2.30. The quantitative estimate of drug-likeness (QED) is 0.516. The Morgan fingerprint density at radius 2 is 2.21 bits per heavy atom. The molecule has 1 aromatic heterocycles. The first-order valence-corrected chi connectivity index (χ1v) is 7.06. The Morgan fingerprint density at radius 1 is 1.47 bits per heavy atom. The standard InChI is InChI=1S/C10H17N3O5S/c1-17-5-4-13-9(14)7-12-6-8-2-3-10(18-8)19(11,15)16/h2-3,12H,4-7H2,1H3,(H,13,14)(H2,11,15,16).